The number of carboxylic acid groups (broad SMARTS) is 14. The Balaban J connectivity index is -0.0000000637. The normalized spacial score (nSPS) is 13.4. The van der Waals surface area contributed by atoms with Gasteiger partial charge in [0.05, 0.1) is 33.0 Å². The summed E-state index contributed by atoms with van der Waals surface area (Å²) in [5.41, 5.74) is 68.2. The molecular weight excluding hydrogens is 1490 g/mol. The third-order valence-corrected chi connectivity index (χ3v) is 10.2. The summed E-state index contributed by atoms with van der Waals surface area (Å²) in [6, 6.07) is -12.9. The molecule has 14 atom stereocenters. The Morgan fingerprint density at radius 3 is 0.258 bits per heavy atom. The summed E-state index contributed by atoms with van der Waals surface area (Å²) in [5, 5.41) is 151. The van der Waals surface area contributed by atoms with Crippen LogP contribution < -0.4 is 80.3 Å². The zero-order valence-corrected chi connectivity index (χ0v) is 58.3. The summed E-state index contributed by atoms with van der Waals surface area (Å²) >= 11 is 29.2. The van der Waals surface area contributed by atoms with Crippen LogP contribution >= 0.6 is 101 Å². The van der Waals surface area contributed by atoms with E-state index in [2.05, 4.69) is 101 Å². The fourth-order valence-electron chi connectivity index (χ4n) is 1.02. The molecule has 0 amide bonds. The molecule has 0 aliphatic heterocycles. The molecule has 0 saturated heterocycles. The van der Waals surface area contributed by atoms with Crippen LogP contribution in [0.5, 0.6) is 0 Å². The average Bonchev–Trinajstić information content (AvgIpc) is 3.54. The largest absolute Gasteiger partial charge is 0.480 e. The van der Waals surface area contributed by atoms with E-state index in [1.165, 1.54) is 6.92 Å². The number of aliphatic carboxylic acids is 14. The number of carboxylic acids is 14. The number of rotatable bonds is 27. The first-order valence-electron chi connectivity index (χ1n) is 24.7. The van der Waals surface area contributed by atoms with Gasteiger partial charge in [0.2, 0.25) is 0 Å². The molecule has 0 aliphatic rings. The van der Waals surface area contributed by atoms with Crippen LogP contribution in [0.4, 0.5) is 0 Å². The first-order chi connectivity index (χ1) is 44.0. The van der Waals surface area contributed by atoms with Crippen LogP contribution in [0, 0.1) is 0 Å². The van der Waals surface area contributed by atoms with Crippen LogP contribution in [-0.2, 0) is 67.1 Å². The molecule has 0 fully saturated rings. The summed E-state index contributed by atoms with van der Waals surface area (Å²) in [6.07, 6.45) is 0. The smallest absolute Gasteiger partial charge is 0.322 e. The quantitative estimate of drug-likeness (QED) is 0.0340. The summed E-state index contributed by atoms with van der Waals surface area (Å²) in [4.78, 5) is 136. The number of hydrogen-bond acceptors (Lipinski definition) is 41. The molecule has 0 aromatic rings. The monoisotopic (exact) mass is 1580 g/mol. The first-order valence-corrected chi connectivity index (χ1v) is 29.8. The van der Waals surface area contributed by atoms with Gasteiger partial charge in [0.25, 0.3) is 0 Å². The second kappa shape index (κ2) is 86.7. The van der Waals surface area contributed by atoms with Crippen LogP contribution in [0.3, 0.4) is 0 Å². The standard InChI is InChI=1S/5C3H7NO3.8C3H7NO2S.C3H7NO2/c5*4-2(1-5)3(6)7;8*4-2(1-7)3(5)6;1-2(4)3(5)6/h5*2,5H,1,4H2,(H,6,7);8*2,7H,1,4H2,(H,5,6);2H,4H2,1H3,(H,5,6)/t14*2-/m00000000000000/s1. The number of carbonyl (C=O) groups is 14. The van der Waals surface area contributed by atoms with Crippen molar-refractivity contribution in [3.05, 3.63) is 0 Å². The van der Waals surface area contributed by atoms with Gasteiger partial charge in [-0.3, -0.25) is 67.1 Å². The molecule has 97 heavy (non-hydrogen) atoms. The minimum absolute atomic E-state index is 0.190. The van der Waals surface area contributed by atoms with Crippen molar-refractivity contribution in [3.8, 4) is 0 Å². The Morgan fingerprint density at radius 2 is 0.258 bits per heavy atom. The van der Waals surface area contributed by atoms with Crippen molar-refractivity contribution >= 4 is 185 Å². The summed E-state index contributed by atoms with van der Waals surface area (Å²) in [7, 11) is 0. The van der Waals surface area contributed by atoms with Gasteiger partial charge in [0.1, 0.15) is 84.6 Å². The molecule has 47 N–H and O–H groups in total. The van der Waals surface area contributed by atoms with Crippen molar-refractivity contribution in [2.24, 2.45) is 80.3 Å². The molecule has 0 spiro atoms. The zero-order valence-electron chi connectivity index (χ0n) is 51.1. The van der Waals surface area contributed by atoms with E-state index < -0.39 is 201 Å². The van der Waals surface area contributed by atoms with Crippen molar-refractivity contribution in [2.75, 3.05) is 79.1 Å². The SMILES string of the molecule is C[C@H](N)C(=O)O.N[C@@H](CO)C(=O)O.N[C@@H](CO)C(=O)O.N[C@@H](CO)C(=O)O.N[C@@H](CO)C(=O)O.N[C@@H](CO)C(=O)O.N[C@@H](CS)C(=O)O.N[C@@H](CS)C(=O)O.N[C@@H](CS)C(=O)O.N[C@@H](CS)C(=O)O.N[C@@H](CS)C(=O)O.N[C@@H](CS)C(=O)O.N[C@@H](CS)C(=O)O.N[C@@H](CS)C(=O)O. The predicted molar refractivity (Wildman–Crippen MR) is 370 cm³/mol. The van der Waals surface area contributed by atoms with Gasteiger partial charge in [-0.1, -0.05) is 0 Å². The van der Waals surface area contributed by atoms with Gasteiger partial charge in [-0.15, -0.1) is 0 Å². The number of nitrogens with two attached hydrogens (primary N) is 14. The van der Waals surface area contributed by atoms with Gasteiger partial charge in [0, 0.05) is 46.0 Å². The molecular formula is C42H98N14O33S8. The maximum atomic E-state index is 9.76. The third-order valence-electron chi connectivity index (χ3n) is 7.07. The highest BCUT2D eigenvalue weighted by Crippen LogP contribution is 1.85. The number of thiol groups is 8. The molecule has 582 valence electrons. The predicted octanol–water partition coefficient (Wildman–Crippen LogP) is -14.0. The lowest BCUT2D eigenvalue weighted by atomic mass is 10.3. The molecule has 0 rings (SSSR count). The highest BCUT2D eigenvalue weighted by Gasteiger charge is 2.13. The fourth-order valence-corrected chi connectivity index (χ4v) is 2.26. The van der Waals surface area contributed by atoms with Crippen LogP contribution in [0.25, 0.3) is 0 Å². The van der Waals surface area contributed by atoms with Crippen molar-refractivity contribution < 1.29 is 164 Å². The molecule has 0 aromatic heterocycles. The molecule has 0 heterocycles. The number of hydrogen-bond donors (Lipinski definition) is 41. The van der Waals surface area contributed by atoms with Crippen molar-refractivity contribution in [3.63, 3.8) is 0 Å². The van der Waals surface area contributed by atoms with Gasteiger partial charge in [-0.05, 0) is 6.92 Å². The lowest BCUT2D eigenvalue weighted by molar-refractivity contribution is -0.140. The summed E-state index contributed by atoms with van der Waals surface area (Å²) in [6.45, 7) is -1.10. The van der Waals surface area contributed by atoms with Crippen LogP contribution in [0.1, 0.15) is 6.92 Å². The molecule has 0 radical (unpaired) electrons. The van der Waals surface area contributed by atoms with E-state index in [1.54, 1.807) is 0 Å². The van der Waals surface area contributed by atoms with E-state index in [1.807, 2.05) is 0 Å². The van der Waals surface area contributed by atoms with Gasteiger partial charge < -0.3 is 177 Å². The molecule has 0 aliphatic carbocycles. The van der Waals surface area contributed by atoms with Crippen LogP contribution in [0.2, 0.25) is 0 Å². The van der Waals surface area contributed by atoms with Crippen LogP contribution in [0.15, 0.2) is 0 Å². The molecule has 0 saturated carbocycles. The molecule has 0 unspecified atom stereocenters. The Bertz CT molecular complexity index is 1610. The number of aliphatic hydroxyl groups excluding tert-OH is 5. The second-order valence-corrected chi connectivity index (χ2v) is 18.7. The van der Waals surface area contributed by atoms with E-state index in [4.69, 9.17) is 177 Å². The van der Waals surface area contributed by atoms with Gasteiger partial charge >= 0.3 is 83.6 Å². The molecule has 0 aromatic carbocycles. The Hall–Kier alpha value is -5.38. The Kier molecular flexibility index (Phi) is 112. The van der Waals surface area contributed by atoms with Gasteiger partial charge in [-0.2, -0.15) is 101 Å². The maximum Gasteiger partial charge on any atom is 0.322 e. The highest BCUT2D eigenvalue weighted by atomic mass is 32.1. The van der Waals surface area contributed by atoms with Crippen molar-refractivity contribution in [1.82, 2.24) is 0 Å². The fraction of sp³-hybridized carbons (Fsp3) is 0.667. The highest BCUT2D eigenvalue weighted by molar-refractivity contribution is 7.81. The average molecular weight is 1580 g/mol. The third kappa shape index (κ3) is 121. The van der Waals surface area contributed by atoms with Gasteiger partial charge in [0.15, 0.2) is 0 Å². The van der Waals surface area contributed by atoms with Gasteiger partial charge in [-0.25, -0.2) is 0 Å². The van der Waals surface area contributed by atoms with E-state index in [-0.39, 0.29) is 46.0 Å². The summed E-state index contributed by atoms with van der Waals surface area (Å²) < 4.78 is 0. The zero-order chi connectivity index (χ0) is 81.4. The summed E-state index contributed by atoms with van der Waals surface area (Å²) in [5.74, 6) is -13.4. The van der Waals surface area contributed by atoms with Crippen molar-refractivity contribution in [1.29, 1.82) is 0 Å². The van der Waals surface area contributed by atoms with E-state index in [0.717, 1.165) is 0 Å². The Labute approximate surface area is 596 Å². The number of aliphatic hydroxyl groups is 5. The molecule has 55 heteroatoms. The van der Waals surface area contributed by atoms with E-state index in [9.17, 15) is 67.1 Å². The molecule has 0 bridgehead atoms. The topological polar surface area (TPSA) is 988 Å². The second-order valence-electron chi connectivity index (χ2n) is 15.8. The van der Waals surface area contributed by atoms with Crippen molar-refractivity contribution in [2.45, 2.75) is 91.5 Å². The minimum atomic E-state index is -1.18. The maximum absolute atomic E-state index is 9.76. The van der Waals surface area contributed by atoms with E-state index >= 15 is 0 Å². The minimum Gasteiger partial charge on any atom is -0.480 e. The first kappa shape index (κ1) is 125. The lowest BCUT2D eigenvalue weighted by Gasteiger charge is -1.96. The van der Waals surface area contributed by atoms with Crippen LogP contribution in [-0.4, -0.2) is 344 Å². The Morgan fingerprint density at radius 1 is 0.196 bits per heavy atom. The molecule has 47 nitrogen and oxygen atoms in total. The lowest BCUT2D eigenvalue weighted by Crippen LogP contribution is -2.33. The van der Waals surface area contributed by atoms with E-state index in [0.29, 0.717) is 0 Å².